The molecule has 1 unspecified atom stereocenters. The van der Waals surface area contributed by atoms with Crippen molar-refractivity contribution in [3.8, 4) is 0 Å². The van der Waals surface area contributed by atoms with Gasteiger partial charge in [0.25, 0.3) is 5.69 Å². The third-order valence-corrected chi connectivity index (χ3v) is 3.66. The van der Waals surface area contributed by atoms with E-state index >= 15 is 0 Å². The number of hydrogen-bond donors (Lipinski definition) is 0. The van der Waals surface area contributed by atoms with E-state index in [2.05, 4.69) is 0 Å². The Labute approximate surface area is 138 Å². The van der Waals surface area contributed by atoms with Gasteiger partial charge in [0.2, 0.25) is 0 Å². The Kier molecular flexibility index (Phi) is 4.72. The summed E-state index contributed by atoms with van der Waals surface area (Å²) in [6.45, 7) is 1.10. The van der Waals surface area contributed by atoms with Crippen molar-refractivity contribution in [1.29, 1.82) is 0 Å². The number of hydrogen-bond acceptors (Lipinski definition) is 5. The van der Waals surface area contributed by atoms with E-state index in [1.807, 2.05) is 30.3 Å². The highest BCUT2D eigenvalue weighted by atomic mass is 16.6. The summed E-state index contributed by atoms with van der Waals surface area (Å²) in [5.74, 6) is 0. The lowest BCUT2D eigenvalue weighted by Crippen LogP contribution is -2.25. The number of ether oxygens (including phenoxy) is 2. The highest BCUT2D eigenvalue weighted by molar-refractivity contribution is 5.89. The Morgan fingerprint density at radius 3 is 2.54 bits per heavy atom. The molecule has 24 heavy (non-hydrogen) atoms. The third kappa shape index (κ3) is 3.69. The molecule has 0 aliphatic carbocycles. The first-order valence-electron chi connectivity index (χ1n) is 7.48. The number of non-ortho nitro benzene ring substituents is 1. The number of nitro benzene ring substituents is 1. The van der Waals surface area contributed by atoms with Gasteiger partial charge in [0.15, 0.2) is 0 Å². The molecule has 1 atom stereocenters. The van der Waals surface area contributed by atoms with Crippen LogP contribution in [0.5, 0.6) is 0 Å². The molecule has 0 spiro atoms. The predicted octanol–water partition coefficient (Wildman–Crippen LogP) is 3.14. The van der Waals surface area contributed by atoms with Gasteiger partial charge in [-0.3, -0.25) is 15.0 Å². The van der Waals surface area contributed by atoms with Crippen LogP contribution in [0.15, 0.2) is 54.6 Å². The van der Waals surface area contributed by atoms with Crippen LogP contribution in [0, 0.1) is 10.1 Å². The topological polar surface area (TPSA) is 81.9 Å². The van der Waals surface area contributed by atoms with E-state index in [1.165, 1.54) is 29.2 Å². The molecule has 0 N–H and O–H groups in total. The molecule has 0 saturated carbocycles. The van der Waals surface area contributed by atoms with E-state index in [0.717, 1.165) is 5.56 Å². The van der Waals surface area contributed by atoms with Gasteiger partial charge >= 0.3 is 6.09 Å². The number of carbonyl (C=O) groups is 1. The van der Waals surface area contributed by atoms with E-state index in [1.54, 1.807) is 0 Å². The van der Waals surface area contributed by atoms with Crippen molar-refractivity contribution in [2.24, 2.45) is 0 Å². The maximum atomic E-state index is 12.0. The molecule has 0 radical (unpaired) electrons. The van der Waals surface area contributed by atoms with Crippen LogP contribution in [-0.4, -0.2) is 30.3 Å². The molecular weight excluding hydrogens is 312 g/mol. The molecule has 1 aliphatic heterocycles. The van der Waals surface area contributed by atoms with Gasteiger partial charge in [0.1, 0.15) is 6.10 Å². The number of benzene rings is 2. The van der Waals surface area contributed by atoms with Crippen molar-refractivity contribution >= 4 is 17.5 Å². The minimum absolute atomic E-state index is 0.0194. The Balaban J connectivity index is 1.54. The second kappa shape index (κ2) is 7.10. The number of nitro groups is 1. The quantitative estimate of drug-likeness (QED) is 0.601. The maximum absolute atomic E-state index is 12.0. The summed E-state index contributed by atoms with van der Waals surface area (Å²) in [7, 11) is 0. The van der Waals surface area contributed by atoms with E-state index in [-0.39, 0.29) is 11.8 Å². The highest BCUT2D eigenvalue weighted by Gasteiger charge is 2.32. The molecule has 0 bridgehead atoms. The van der Waals surface area contributed by atoms with Crippen molar-refractivity contribution in [3.63, 3.8) is 0 Å². The Bertz CT molecular complexity index is 718. The lowest BCUT2D eigenvalue weighted by Gasteiger charge is -2.12. The normalized spacial score (nSPS) is 16.9. The molecule has 124 valence electrons. The first kappa shape index (κ1) is 15.9. The molecule has 1 amide bonds. The van der Waals surface area contributed by atoms with E-state index < -0.39 is 11.0 Å². The van der Waals surface area contributed by atoms with Gasteiger partial charge < -0.3 is 9.47 Å². The Morgan fingerprint density at radius 2 is 1.88 bits per heavy atom. The molecule has 0 aromatic heterocycles. The van der Waals surface area contributed by atoms with E-state index in [4.69, 9.17) is 9.47 Å². The smallest absolute Gasteiger partial charge is 0.414 e. The van der Waals surface area contributed by atoms with Gasteiger partial charge in [0, 0.05) is 17.8 Å². The van der Waals surface area contributed by atoms with Crippen molar-refractivity contribution in [1.82, 2.24) is 0 Å². The molecule has 2 aromatic carbocycles. The molecule has 1 saturated heterocycles. The summed E-state index contributed by atoms with van der Waals surface area (Å²) in [5.41, 5.74) is 1.60. The SMILES string of the molecule is O=C1OC(COCc2ccccc2)CN1c1ccc([N+](=O)[O-])cc1. The van der Waals surface area contributed by atoms with E-state index in [9.17, 15) is 14.9 Å². The summed E-state index contributed by atoms with van der Waals surface area (Å²) >= 11 is 0. The maximum Gasteiger partial charge on any atom is 0.414 e. The van der Waals surface area contributed by atoms with Crippen LogP contribution in [0.25, 0.3) is 0 Å². The standard InChI is InChI=1S/C17H16N2O5/c20-17-18(14-6-8-15(9-7-14)19(21)22)10-16(24-17)12-23-11-13-4-2-1-3-5-13/h1-9,16H,10-12H2. The second-order valence-electron chi connectivity index (χ2n) is 5.39. The zero-order chi connectivity index (χ0) is 16.9. The van der Waals surface area contributed by atoms with E-state index in [0.29, 0.717) is 25.4 Å². The van der Waals surface area contributed by atoms with Crippen molar-refractivity contribution < 1.29 is 19.2 Å². The average molecular weight is 328 g/mol. The van der Waals surface area contributed by atoms with Crippen LogP contribution < -0.4 is 4.90 Å². The molecule has 1 fully saturated rings. The average Bonchev–Trinajstić information content (AvgIpc) is 2.96. The number of amides is 1. The van der Waals surface area contributed by atoms with Crippen molar-refractivity contribution in [2.45, 2.75) is 12.7 Å². The molecule has 3 rings (SSSR count). The summed E-state index contributed by atoms with van der Waals surface area (Å²) in [5, 5.41) is 10.7. The predicted molar refractivity (Wildman–Crippen MR) is 86.8 cm³/mol. The van der Waals surface area contributed by atoms with Crippen LogP contribution in [0.2, 0.25) is 0 Å². The van der Waals surface area contributed by atoms with Crippen LogP contribution in [-0.2, 0) is 16.1 Å². The molecule has 1 aliphatic rings. The number of nitrogens with zero attached hydrogens (tertiary/aromatic N) is 2. The largest absolute Gasteiger partial charge is 0.441 e. The molecule has 7 nitrogen and oxygen atoms in total. The lowest BCUT2D eigenvalue weighted by atomic mass is 10.2. The molecular formula is C17H16N2O5. The lowest BCUT2D eigenvalue weighted by molar-refractivity contribution is -0.384. The summed E-state index contributed by atoms with van der Waals surface area (Å²) < 4.78 is 10.9. The van der Waals surface area contributed by atoms with Crippen LogP contribution in [0.4, 0.5) is 16.2 Å². The fourth-order valence-electron chi connectivity index (χ4n) is 2.46. The third-order valence-electron chi connectivity index (χ3n) is 3.66. The van der Waals surface area contributed by atoms with Gasteiger partial charge in [-0.1, -0.05) is 30.3 Å². The monoisotopic (exact) mass is 328 g/mol. The molecule has 1 heterocycles. The summed E-state index contributed by atoms with van der Waals surface area (Å²) in [6.07, 6.45) is -0.839. The van der Waals surface area contributed by atoms with Crippen LogP contribution in [0.1, 0.15) is 5.56 Å². The van der Waals surface area contributed by atoms with Crippen LogP contribution >= 0.6 is 0 Å². The number of cyclic esters (lactones) is 1. The van der Waals surface area contributed by atoms with Gasteiger partial charge in [-0.2, -0.15) is 0 Å². The minimum Gasteiger partial charge on any atom is -0.441 e. The van der Waals surface area contributed by atoms with Gasteiger partial charge in [-0.05, 0) is 17.7 Å². The molecule has 2 aromatic rings. The molecule has 7 heteroatoms. The van der Waals surface area contributed by atoms with Gasteiger partial charge in [-0.25, -0.2) is 4.79 Å². The second-order valence-corrected chi connectivity index (χ2v) is 5.39. The van der Waals surface area contributed by atoms with Gasteiger partial charge in [-0.15, -0.1) is 0 Å². The van der Waals surface area contributed by atoms with Crippen molar-refractivity contribution in [2.75, 3.05) is 18.1 Å². The Hall–Kier alpha value is -2.93. The fraction of sp³-hybridized carbons (Fsp3) is 0.235. The first-order valence-corrected chi connectivity index (χ1v) is 7.48. The Morgan fingerprint density at radius 1 is 1.17 bits per heavy atom. The van der Waals surface area contributed by atoms with Crippen molar-refractivity contribution in [3.05, 3.63) is 70.3 Å². The number of carbonyl (C=O) groups excluding carboxylic acids is 1. The number of anilines is 1. The first-order chi connectivity index (χ1) is 11.6. The van der Waals surface area contributed by atoms with Gasteiger partial charge in [0.05, 0.1) is 24.7 Å². The minimum atomic E-state index is -0.480. The summed E-state index contributed by atoms with van der Waals surface area (Å²) in [6, 6.07) is 15.5. The fourth-order valence-corrected chi connectivity index (χ4v) is 2.46. The summed E-state index contributed by atoms with van der Waals surface area (Å²) in [4.78, 5) is 23.6. The van der Waals surface area contributed by atoms with Crippen LogP contribution in [0.3, 0.4) is 0 Å². The zero-order valence-electron chi connectivity index (χ0n) is 12.8. The zero-order valence-corrected chi connectivity index (χ0v) is 12.8. The highest BCUT2D eigenvalue weighted by Crippen LogP contribution is 2.24. The number of rotatable bonds is 6.